The number of hydrogen-bond acceptors (Lipinski definition) is 12. The minimum atomic E-state index is -1.55. The van der Waals surface area contributed by atoms with E-state index in [-0.39, 0.29) is 65.0 Å². The van der Waals surface area contributed by atoms with Gasteiger partial charge in [-0.25, -0.2) is 0 Å². The van der Waals surface area contributed by atoms with Crippen LogP contribution in [0.3, 0.4) is 0 Å². The van der Waals surface area contributed by atoms with Crippen molar-refractivity contribution in [3.63, 3.8) is 0 Å². The van der Waals surface area contributed by atoms with Gasteiger partial charge in [0, 0.05) is 54.6 Å². The summed E-state index contributed by atoms with van der Waals surface area (Å²) in [5, 5.41) is 57.8. The van der Waals surface area contributed by atoms with E-state index in [4.69, 9.17) is 19.9 Å². The molecule has 2 aromatic carbocycles. The van der Waals surface area contributed by atoms with Gasteiger partial charge in [0.15, 0.2) is 12.1 Å². The van der Waals surface area contributed by atoms with Gasteiger partial charge in [-0.1, -0.05) is 12.1 Å². The SMILES string of the molecule is COc1cccc2c1C(=O)c1c(O)c3c(c(O)c1C2=O)C[C@@](O)(C(C)NCCCO)C[C@@H]3OC1CC(N)C(O)C(C)O1. The second-order valence-corrected chi connectivity index (χ2v) is 11.4. The molecule has 12 nitrogen and oxygen atoms in total. The molecule has 1 saturated heterocycles. The maximum atomic E-state index is 13.8. The van der Waals surface area contributed by atoms with E-state index >= 15 is 0 Å². The van der Waals surface area contributed by atoms with Gasteiger partial charge in [-0.3, -0.25) is 9.59 Å². The molecular formula is C30H38N2O10. The zero-order valence-electron chi connectivity index (χ0n) is 23.8. The number of ether oxygens (including phenoxy) is 3. The molecule has 8 N–H and O–H groups in total. The molecule has 0 saturated carbocycles. The summed E-state index contributed by atoms with van der Waals surface area (Å²) in [6, 6.07) is 3.30. The number of nitrogens with one attached hydrogen (secondary N) is 1. The number of benzene rings is 2. The Labute approximate surface area is 243 Å². The van der Waals surface area contributed by atoms with Crippen molar-refractivity contribution in [1.29, 1.82) is 0 Å². The van der Waals surface area contributed by atoms with Crippen molar-refractivity contribution in [2.45, 2.75) is 81.8 Å². The highest BCUT2D eigenvalue weighted by Crippen LogP contribution is 2.53. The molecule has 12 heteroatoms. The standard InChI is InChI=1S/C30H38N2O10/c1-13-25(34)17(31)10-20(41-13)42-19-12-30(39,14(2)32-8-5-9-33)11-16-22(19)29(38)24-23(27(16)36)26(35)15-6-4-7-18(40-3)21(15)28(24)37/h4,6-7,13-14,17,19-20,25,32-34,36,38-39H,5,8-12,31H2,1-3H3/t13?,14?,17?,19-,20?,25?,30-/m0/s1. The monoisotopic (exact) mass is 586 g/mol. The summed E-state index contributed by atoms with van der Waals surface area (Å²) in [6.07, 6.45) is -3.30. The third-order valence-corrected chi connectivity index (χ3v) is 8.76. The number of hydrogen-bond donors (Lipinski definition) is 7. The molecule has 0 spiro atoms. The number of fused-ring (bicyclic) bond motifs is 3. The number of ketones is 2. The van der Waals surface area contributed by atoms with Crippen molar-refractivity contribution in [3.8, 4) is 17.2 Å². The van der Waals surface area contributed by atoms with E-state index in [1.807, 2.05) is 0 Å². The van der Waals surface area contributed by atoms with E-state index in [0.29, 0.717) is 13.0 Å². The van der Waals surface area contributed by atoms with Crippen LogP contribution in [-0.4, -0.2) is 93.5 Å². The van der Waals surface area contributed by atoms with Crippen molar-refractivity contribution < 1.29 is 49.3 Å². The molecule has 2 aliphatic carbocycles. The highest BCUT2D eigenvalue weighted by molar-refractivity contribution is 6.31. The Morgan fingerprint density at radius 2 is 1.88 bits per heavy atom. The van der Waals surface area contributed by atoms with Crippen LogP contribution < -0.4 is 15.8 Å². The highest BCUT2D eigenvalue weighted by Gasteiger charge is 2.49. The summed E-state index contributed by atoms with van der Waals surface area (Å²) in [5.74, 6) is -2.27. The molecule has 0 aromatic heterocycles. The third-order valence-electron chi connectivity index (χ3n) is 8.76. The zero-order valence-corrected chi connectivity index (χ0v) is 23.8. The van der Waals surface area contributed by atoms with E-state index in [1.54, 1.807) is 19.9 Å². The lowest BCUT2D eigenvalue weighted by atomic mass is 9.71. The van der Waals surface area contributed by atoms with Crippen LogP contribution in [0, 0.1) is 0 Å². The lowest BCUT2D eigenvalue weighted by Gasteiger charge is -2.45. The maximum Gasteiger partial charge on any atom is 0.202 e. The fraction of sp³-hybridized carbons (Fsp3) is 0.533. The molecular weight excluding hydrogens is 548 g/mol. The van der Waals surface area contributed by atoms with Gasteiger partial charge in [0.05, 0.1) is 47.7 Å². The molecule has 5 unspecified atom stereocenters. The lowest BCUT2D eigenvalue weighted by Crippen LogP contribution is -2.55. The predicted molar refractivity (Wildman–Crippen MR) is 149 cm³/mol. The predicted octanol–water partition coefficient (Wildman–Crippen LogP) is 0.800. The summed E-state index contributed by atoms with van der Waals surface area (Å²) in [7, 11) is 1.36. The summed E-state index contributed by atoms with van der Waals surface area (Å²) >= 11 is 0. The molecule has 3 aliphatic rings. The molecule has 1 aliphatic heterocycles. The summed E-state index contributed by atoms with van der Waals surface area (Å²) < 4.78 is 17.4. The van der Waals surface area contributed by atoms with Gasteiger partial charge in [0.25, 0.3) is 0 Å². The van der Waals surface area contributed by atoms with E-state index in [0.717, 1.165) is 0 Å². The number of carbonyl (C=O) groups is 2. The summed E-state index contributed by atoms with van der Waals surface area (Å²) in [5.41, 5.74) is 3.97. The van der Waals surface area contributed by atoms with Crippen LogP contribution in [0.4, 0.5) is 0 Å². The number of phenols is 2. The van der Waals surface area contributed by atoms with E-state index in [9.17, 15) is 35.1 Å². The number of aliphatic hydroxyl groups excluding tert-OH is 2. The summed E-state index contributed by atoms with van der Waals surface area (Å²) in [6.45, 7) is 3.76. The molecule has 2 aromatic rings. The van der Waals surface area contributed by atoms with E-state index in [1.165, 1.54) is 19.2 Å². The Kier molecular flexibility index (Phi) is 8.33. The van der Waals surface area contributed by atoms with E-state index < -0.39 is 65.4 Å². The minimum absolute atomic E-state index is 0.0246. The number of methoxy groups -OCH3 is 1. The Balaban J connectivity index is 1.64. The Bertz CT molecular complexity index is 1380. The van der Waals surface area contributed by atoms with Gasteiger partial charge in [0.1, 0.15) is 17.2 Å². The van der Waals surface area contributed by atoms with Gasteiger partial charge < -0.3 is 50.8 Å². The highest BCUT2D eigenvalue weighted by atomic mass is 16.7. The molecule has 0 bridgehead atoms. The van der Waals surface area contributed by atoms with Gasteiger partial charge in [-0.05, 0) is 32.9 Å². The number of rotatable bonds is 8. The number of nitrogens with two attached hydrogens (primary N) is 1. The molecule has 228 valence electrons. The number of aliphatic hydroxyl groups is 3. The number of carbonyl (C=O) groups excluding carboxylic acids is 2. The van der Waals surface area contributed by atoms with Crippen LogP contribution in [0.1, 0.15) is 82.2 Å². The molecule has 1 fully saturated rings. The first-order valence-corrected chi connectivity index (χ1v) is 14.1. The van der Waals surface area contributed by atoms with Crippen molar-refractivity contribution in [3.05, 3.63) is 51.6 Å². The van der Waals surface area contributed by atoms with Crippen LogP contribution in [0.2, 0.25) is 0 Å². The topological polar surface area (TPSA) is 201 Å². The second kappa shape index (κ2) is 11.5. The lowest BCUT2D eigenvalue weighted by molar-refractivity contribution is -0.248. The molecule has 7 atom stereocenters. The number of phenolic OH excluding ortho intramolecular Hbond substituents is 2. The van der Waals surface area contributed by atoms with Crippen molar-refractivity contribution in [2.24, 2.45) is 5.73 Å². The zero-order chi connectivity index (χ0) is 30.5. The quantitative estimate of drug-likeness (QED) is 0.145. The van der Waals surface area contributed by atoms with Gasteiger partial charge in [-0.2, -0.15) is 0 Å². The van der Waals surface area contributed by atoms with Crippen LogP contribution in [0.15, 0.2) is 18.2 Å². The van der Waals surface area contributed by atoms with Crippen molar-refractivity contribution >= 4 is 11.6 Å². The van der Waals surface area contributed by atoms with Gasteiger partial charge in [-0.15, -0.1) is 0 Å². The van der Waals surface area contributed by atoms with Gasteiger partial charge in [0.2, 0.25) is 5.78 Å². The van der Waals surface area contributed by atoms with E-state index in [2.05, 4.69) is 5.32 Å². The van der Waals surface area contributed by atoms with Gasteiger partial charge >= 0.3 is 0 Å². The Hall–Kier alpha value is -3.10. The van der Waals surface area contributed by atoms with Crippen molar-refractivity contribution in [2.75, 3.05) is 20.3 Å². The Morgan fingerprint density at radius 3 is 2.55 bits per heavy atom. The molecule has 42 heavy (non-hydrogen) atoms. The molecule has 5 rings (SSSR count). The first-order chi connectivity index (χ1) is 19.9. The van der Waals surface area contributed by atoms with Crippen LogP contribution in [0.25, 0.3) is 0 Å². The van der Waals surface area contributed by atoms with Crippen LogP contribution in [0.5, 0.6) is 17.2 Å². The molecule has 1 heterocycles. The summed E-state index contributed by atoms with van der Waals surface area (Å²) in [4.78, 5) is 27.5. The normalized spacial score (nSPS) is 29.5. The third kappa shape index (κ3) is 4.96. The minimum Gasteiger partial charge on any atom is -0.507 e. The molecule has 0 radical (unpaired) electrons. The Morgan fingerprint density at radius 1 is 1.17 bits per heavy atom. The fourth-order valence-corrected chi connectivity index (χ4v) is 6.34. The molecule has 0 amide bonds. The first kappa shape index (κ1) is 30.4. The van der Waals surface area contributed by atoms with Crippen LogP contribution in [-0.2, 0) is 15.9 Å². The smallest absolute Gasteiger partial charge is 0.202 e. The first-order valence-electron chi connectivity index (χ1n) is 14.1. The largest absolute Gasteiger partial charge is 0.507 e. The average molecular weight is 587 g/mol. The van der Waals surface area contributed by atoms with Crippen LogP contribution >= 0.6 is 0 Å². The average Bonchev–Trinajstić information content (AvgIpc) is 2.95. The fourth-order valence-electron chi connectivity index (χ4n) is 6.34. The number of aromatic hydroxyl groups is 2. The maximum absolute atomic E-state index is 13.8. The van der Waals surface area contributed by atoms with Crippen molar-refractivity contribution in [1.82, 2.24) is 5.32 Å². The second-order valence-electron chi connectivity index (χ2n) is 11.4.